The van der Waals surface area contributed by atoms with Gasteiger partial charge in [-0.1, -0.05) is 41.6 Å². The van der Waals surface area contributed by atoms with Gasteiger partial charge in [-0.05, 0) is 31.5 Å². The standard InChI is InChI=1S/C17H19N3O2S/c1-3-20-16(15-5-4-10-22-15)18-19-17(20)23-11-14(21)13-8-6-12(2)7-9-13/h4-10,14,21H,3,11H2,1-2H3. The fourth-order valence-corrected chi connectivity index (χ4v) is 3.28. The molecule has 3 rings (SSSR count). The summed E-state index contributed by atoms with van der Waals surface area (Å²) in [5, 5.41) is 19.5. The highest BCUT2D eigenvalue weighted by Crippen LogP contribution is 2.27. The maximum atomic E-state index is 10.3. The zero-order valence-corrected chi connectivity index (χ0v) is 14.0. The van der Waals surface area contributed by atoms with Gasteiger partial charge in [-0.3, -0.25) is 4.57 Å². The third-order valence-corrected chi connectivity index (χ3v) is 4.65. The number of nitrogens with zero attached hydrogens (tertiary/aromatic N) is 3. The summed E-state index contributed by atoms with van der Waals surface area (Å²) in [4.78, 5) is 0. The van der Waals surface area contributed by atoms with Crippen molar-refractivity contribution in [1.29, 1.82) is 0 Å². The van der Waals surface area contributed by atoms with Crippen LogP contribution in [0.4, 0.5) is 0 Å². The lowest BCUT2D eigenvalue weighted by Crippen LogP contribution is -2.04. The van der Waals surface area contributed by atoms with Crippen molar-refractivity contribution >= 4 is 11.8 Å². The number of aromatic nitrogens is 3. The summed E-state index contributed by atoms with van der Waals surface area (Å²) in [6.45, 7) is 4.81. The zero-order chi connectivity index (χ0) is 16.2. The highest BCUT2D eigenvalue weighted by atomic mass is 32.2. The summed E-state index contributed by atoms with van der Waals surface area (Å²) in [6.07, 6.45) is 1.09. The van der Waals surface area contributed by atoms with Gasteiger partial charge in [-0.15, -0.1) is 10.2 Å². The molecule has 0 amide bonds. The minimum absolute atomic E-state index is 0.527. The Hall–Kier alpha value is -2.05. The van der Waals surface area contributed by atoms with Crippen LogP contribution in [0.25, 0.3) is 11.6 Å². The lowest BCUT2D eigenvalue weighted by molar-refractivity contribution is 0.204. The second-order valence-corrected chi connectivity index (χ2v) is 6.25. The Balaban J connectivity index is 1.72. The maximum absolute atomic E-state index is 10.3. The Kier molecular flexibility index (Phi) is 4.83. The van der Waals surface area contributed by atoms with E-state index in [9.17, 15) is 5.11 Å². The lowest BCUT2D eigenvalue weighted by Gasteiger charge is -2.11. The number of hydrogen-bond donors (Lipinski definition) is 1. The molecule has 3 aromatic rings. The third kappa shape index (κ3) is 3.48. The van der Waals surface area contributed by atoms with E-state index in [2.05, 4.69) is 10.2 Å². The van der Waals surface area contributed by atoms with Crippen LogP contribution < -0.4 is 0 Å². The van der Waals surface area contributed by atoms with E-state index in [-0.39, 0.29) is 0 Å². The molecule has 0 aliphatic carbocycles. The molecule has 0 saturated heterocycles. The molecule has 0 spiro atoms. The first kappa shape index (κ1) is 15.8. The second-order valence-electron chi connectivity index (χ2n) is 5.27. The first-order chi connectivity index (χ1) is 11.2. The van der Waals surface area contributed by atoms with Crippen LogP contribution in [0.3, 0.4) is 0 Å². The molecule has 1 atom stereocenters. The number of thioether (sulfide) groups is 1. The van der Waals surface area contributed by atoms with Gasteiger partial charge in [-0.2, -0.15) is 0 Å². The van der Waals surface area contributed by atoms with Gasteiger partial charge in [0.15, 0.2) is 16.7 Å². The largest absolute Gasteiger partial charge is 0.461 e. The predicted molar refractivity (Wildman–Crippen MR) is 90.3 cm³/mol. The van der Waals surface area contributed by atoms with E-state index in [0.29, 0.717) is 17.3 Å². The minimum atomic E-state index is -0.533. The molecular formula is C17H19N3O2S. The molecule has 2 heterocycles. The molecule has 0 fully saturated rings. The number of aliphatic hydroxyl groups excluding tert-OH is 1. The number of rotatable bonds is 6. The van der Waals surface area contributed by atoms with Crippen molar-refractivity contribution in [2.75, 3.05) is 5.75 Å². The summed E-state index contributed by atoms with van der Waals surface area (Å²) in [5.74, 6) is 1.94. The molecule has 5 nitrogen and oxygen atoms in total. The summed E-state index contributed by atoms with van der Waals surface area (Å²) in [7, 11) is 0. The van der Waals surface area contributed by atoms with Crippen molar-refractivity contribution in [2.24, 2.45) is 0 Å². The highest BCUT2D eigenvalue weighted by molar-refractivity contribution is 7.99. The van der Waals surface area contributed by atoms with Crippen LogP contribution in [0.2, 0.25) is 0 Å². The van der Waals surface area contributed by atoms with E-state index in [1.807, 2.05) is 54.8 Å². The molecule has 120 valence electrons. The molecule has 0 saturated carbocycles. The van der Waals surface area contributed by atoms with Gasteiger partial charge >= 0.3 is 0 Å². The van der Waals surface area contributed by atoms with Gasteiger partial charge in [0, 0.05) is 12.3 Å². The van der Waals surface area contributed by atoms with E-state index in [4.69, 9.17) is 4.42 Å². The van der Waals surface area contributed by atoms with Crippen LogP contribution in [-0.2, 0) is 6.54 Å². The van der Waals surface area contributed by atoms with Crippen molar-refractivity contribution in [1.82, 2.24) is 14.8 Å². The lowest BCUT2D eigenvalue weighted by atomic mass is 10.1. The van der Waals surface area contributed by atoms with Gasteiger partial charge in [0.25, 0.3) is 0 Å². The Morgan fingerprint density at radius 1 is 1.22 bits per heavy atom. The molecule has 1 aromatic carbocycles. The fourth-order valence-electron chi connectivity index (χ4n) is 2.31. The molecule has 2 aromatic heterocycles. The maximum Gasteiger partial charge on any atom is 0.200 e. The summed E-state index contributed by atoms with van der Waals surface area (Å²) >= 11 is 1.49. The molecular weight excluding hydrogens is 310 g/mol. The Labute approximate surface area is 139 Å². The molecule has 0 aliphatic heterocycles. The van der Waals surface area contributed by atoms with Crippen LogP contribution in [0.5, 0.6) is 0 Å². The number of aliphatic hydroxyl groups is 1. The Bertz CT molecular complexity index is 751. The highest BCUT2D eigenvalue weighted by Gasteiger charge is 2.16. The topological polar surface area (TPSA) is 64.1 Å². The Morgan fingerprint density at radius 3 is 2.65 bits per heavy atom. The first-order valence-electron chi connectivity index (χ1n) is 7.53. The number of benzene rings is 1. The molecule has 23 heavy (non-hydrogen) atoms. The molecule has 1 N–H and O–H groups in total. The van der Waals surface area contributed by atoms with E-state index in [1.165, 1.54) is 17.3 Å². The van der Waals surface area contributed by atoms with Crippen molar-refractivity contribution in [3.63, 3.8) is 0 Å². The van der Waals surface area contributed by atoms with E-state index < -0.39 is 6.10 Å². The quantitative estimate of drug-likeness (QED) is 0.699. The van der Waals surface area contributed by atoms with Crippen LogP contribution in [0.15, 0.2) is 52.2 Å². The summed E-state index contributed by atoms with van der Waals surface area (Å²) in [6, 6.07) is 11.6. The smallest absolute Gasteiger partial charge is 0.200 e. The number of aryl methyl sites for hydroxylation is 1. The SMILES string of the molecule is CCn1c(SCC(O)c2ccc(C)cc2)nnc1-c1ccco1. The second kappa shape index (κ2) is 7.02. The van der Waals surface area contributed by atoms with E-state index >= 15 is 0 Å². The van der Waals surface area contributed by atoms with Crippen LogP contribution >= 0.6 is 11.8 Å². The summed E-state index contributed by atoms with van der Waals surface area (Å²) < 4.78 is 7.39. The number of hydrogen-bond acceptors (Lipinski definition) is 5. The third-order valence-electron chi connectivity index (χ3n) is 3.61. The van der Waals surface area contributed by atoms with Gasteiger partial charge in [0.1, 0.15) is 0 Å². The average Bonchev–Trinajstić information content (AvgIpc) is 3.22. The average molecular weight is 329 g/mol. The van der Waals surface area contributed by atoms with Crippen molar-refractivity contribution in [3.8, 4) is 11.6 Å². The van der Waals surface area contributed by atoms with Gasteiger partial charge in [0.2, 0.25) is 0 Å². The van der Waals surface area contributed by atoms with Crippen LogP contribution in [0, 0.1) is 6.92 Å². The predicted octanol–water partition coefficient (Wildman–Crippen LogP) is 3.69. The van der Waals surface area contributed by atoms with Crippen LogP contribution in [0.1, 0.15) is 24.2 Å². The van der Waals surface area contributed by atoms with Gasteiger partial charge in [-0.25, -0.2) is 0 Å². The van der Waals surface area contributed by atoms with Crippen LogP contribution in [-0.4, -0.2) is 25.6 Å². The summed E-state index contributed by atoms with van der Waals surface area (Å²) in [5.41, 5.74) is 2.10. The zero-order valence-electron chi connectivity index (χ0n) is 13.1. The van der Waals surface area contributed by atoms with Crippen molar-refractivity contribution in [3.05, 3.63) is 53.8 Å². The van der Waals surface area contributed by atoms with Gasteiger partial charge in [0.05, 0.1) is 12.4 Å². The van der Waals surface area contributed by atoms with E-state index in [1.54, 1.807) is 6.26 Å². The minimum Gasteiger partial charge on any atom is -0.461 e. The fraction of sp³-hybridized carbons (Fsp3) is 0.294. The Morgan fingerprint density at radius 2 is 2.00 bits per heavy atom. The number of furan rings is 1. The van der Waals surface area contributed by atoms with E-state index in [0.717, 1.165) is 17.3 Å². The molecule has 0 aliphatic rings. The normalized spacial score (nSPS) is 12.5. The molecule has 0 radical (unpaired) electrons. The first-order valence-corrected chi connectivity index (χ1v) is 8.52. The molecule has 1 unspecified atom stereocenters. The molecule has 6 heteroatoms. The van der Waals surface area contributed by atoms with Crippen molar-refractivity contribution < 1.29 is 9.52 Å². The molecule has 0 bridgehead atoms. The van der Waals surface area contributed by atoms with Crippen molar-refractivity contribution in [2.45, 2.75) is 31.7 Å². The van der Waals surface area contributed by atoms with Gasteiger partial charge < -0.3 is 9.52 Å². The monoisotopic (exact) mass is 329 g/mol.